The van der Waals surface area contributed by atoms with E-state index in [4.69, 9.17) is 23.2 Å². The molecule has 30 heavy (non-hydrogen) atoms. The summed E-state index contributed by atoms with van der Waals surface area (Å²) in [4.78, 5) is 35.4. The largest absolute Gasteiger partial charge is 0.322 e. The maximum absolute atomic E-state index is 13.3. The van der Waals surface area contributed by atoms with Gasteiger partial charge in [0, 0.05) is 17.8 Å². The van der Waals surface area contributed by atoms with Crippen LogP contribution < -0.4 is 10.6 Å². The maximum atomic E-state index is 13.3. The number of nitro groups is 1. The molecule has 0 saturated heterocycles. The zero-order valence-electron chi connectivity index (χ0n) is 15.0. The summed E-state index contributed by atoms with van der Waals surface area (Å²) in [6.45, 7) is 0. The van der Waals surface area contributed by atoms with Crippen molar-refractivity contribution >= 4 is 52.1 Å². The topological polar surface area (TPSA) is 101 Å². The lowest BCUT2D eigenvalue weighted by Crippen LogP contribution is -2.18. The number of nitrogens with one attached hydrogen (secondary N) is 2. The molecule has 0 fully saturated rings. The lowest BCUT2D eigenvalue weighted by molar-refractivity contribution is -0.384. The third-order valence-corrected chi connectivity index (χ3v) is 4.61. The minimum atomic E-state index is -0.653. The van der Waals surface area contributed by atoms with Gasteiger partial charge in [0.25, 0.3) is 17.5 Å². The average molecular weight is 448 g/mol. The van der Waals surface area contributed by atoms with Crippen LogP contribution in [0.3, 0.4) is 0 Å². The van der Waals surface area contributed by atoms with Gasteiger partial charge in [0.15, 0.2) is 0 Å². The van der Waals surface area contributed by atoms with Gasteiger partial charge in [0.05, 0.1) is 31.8 Å². The fourth-order valence-electron chi connectivity index (χ4n) is 2.55. The molecule has 0 bridgehead atoms. The van der Waals surface area contributed by atoms with E-state index in [2.05, 4.69) is 10.6 Å². The molecule has 0 saturated carbocycles. The molecule has 0 radical (unpaired) electrons. The first-order valence-electron chi connectivity index (χ1n) is 8.37. The van der Waals surface area contributed by atoms with Crippen LogP contribution in [0.4, 0.5) is 21.5 Å². The minimum Gasteiger partial charge on any atom is -0.322 e. The number of para-hydroxylation sites is 1. The van der Waals surface area contributed by atoms with Crippen molar-refractivity contribution in [3.8, 4) is 0 Å². The number of amides is 2. The normalized spacial score (nSPS) is 10.4. The summed E-state index contributed by atoms with van der Waals surface area (Å²) < 4.78 is 13.3. The fraction of sp³-hybridized carbons (Fsp3) is 0. The molecule has 152 valence electrons. The summed E-state index contributed by atoms with van der Waals surface area (Å²) in [6, 6.07) is 13.3. The number of rotatable bonds is 5. The number of nitro benzene ring substituents is 1. The molecule has 7 nitrogen and oxygen atoms in total. The van der Waals surface area contributed by atoms with E-state index in [-0.39, 0.29) is 38.2 Å². The number of non-ortho nitro benzene ring substituents is 1. The Kier molecular flexibility index (Phi) is 6.29. The number of nitrogens with zero attached hydrogens (tertiary/aromatic N) is 1. The van der Waals surface area contributed by atoms with Crippen molar-refractivity contribution in [2.45, 2.75) is 0 Å². The van der Waals surface area contributed by atoms with Gasteiger partial charge >= 0.3 is 0 Å². The van der Waals surface area contributed by atoms with Gasteiger partial charge in [-0.25, -0.2) is 4.39 Å². The van der Waals surface area contributed by atoms with Gasteiger partial charge in [-0.2, -0.15) is 0 Å². The molecular weight excluding hydrogens is 436 g/mol. The molecule has 0 spiro atoms. The number of benzene rings is 3. The minimum absolute atomic E-state index is 0.00259. The SMILES string of the molecule is O=C(Nc1ccccc1C(=O)Nc1ccc(F)c(Cl)c1)c1ccc([N+](=O)[O-])cc1Cl. The van der Waals surface area contributed by atoms with Crippen molar-refractivity contribution in [2.24, 2.45) is 0 Å². The van der Waals surface area contributed by atoms with Crippen LogP contribution in [0.25, 0.3) is 0 Å². The van der Waals surface area contributed by atoms with E-state index < -0.39 is 22.6 Å². The van der Waals surface area contributed by atoms with Crippen LogP contribution in [0.1, 0.15) is 20.7 Å². The molecule has 0 aliphatic rings. The number of carbonyl (C=O) groups excluding carboxylic acids is 2. The van der Waals surface area contributed by atoms with Crippen molar-refractivity contribution in [2.75, 3.05) is 10.6 Å². The van der Waals surface area contributed by atoms with Crippen LogP contribution >= 0.6 is 23.2 Å². The molecule has 3 aromatic carbocycles. The summed E-state index contributed by atoms with van der Waals surface area (Å²) in [5, 5.41) is 15.7. The summed E-state index contributed by atoms with van der Waals surface area (Å²) in [7, 11) is 0. The van der Waals surface area contributed by atoms with Gasteiger partial charge in [0.2, 0.25) is 0 Å². The molecule has 0 aliphatic carbocycles. The van der Waals surface area contributed by atoms with Crippen LogP contribution in [0.2, 0.25) is 10.0 Å². The van der Waals surface area contributed by atoms with E-state index in [1.165, 1.54) is 30.3 Å². The average Bonchev–Trinajstić information content (AvgIpc) is 2.70. The Balaban J connectivity index is 1.82. The summed E-state index contributed by atoms with van der Waals surface area (Å²) in [5.41, 5.74) is 0.329. The van der Waals surface area contributed by atoms with Gasteiger partial charge in [-0.1, -0.05) is 35.3 Å². The van der Waals surface area contributed by atoms with Crippen LogP contribution in [-0.4, -0.2) is 16.7 Å². The highest BCUT2D eigenvalue weighted by Crippen LogP contribution is 2.25. The molecule has 0 heterocycles. The summed E-state index contributed by atoms with van der Waals surface area (Å²) in [6.07, 6.45) is 0. The van der Waals surface area contributed by atoms with Gasteiger partial charge in [0.1, 0.15) is 5.82 Å². The number of hydrogen-bond acceptors (Lipinski definition) is 4. The molecule has 10 heteroatoms. The Labute approximate surface area is 179 Å². The molecular formula is C20H12Cl2FN3O4. The van der Waals surface area contributed by atoms with E-state index in [1.807, 2.05) is 0 Å². The zero-order chi connectivity index (χ0) is 21.8. The Morgan fingerprint density at radius 3 is 2.23 bits per heavy atom. The van der Waals surface area contributed by atoms with Crippen molar-refractivity contribution in [3.05, 3.63) is 97.8 Å². The molecule has 3 rings (SSSR count). The number of anilines is 2. The van der Waals surface area contributed by atoms with Gasteiger partial charge < -0.3 is 10.6 Å². The summed E-state index contributed by atoms with van der Waals surface area (Å²) in [5.74, 6) is -1.84. The van der Waals surface area contributed by atoms with Crippen molar-refractivity contribution < 1.29 is 18.9 Å². The van der Waals surface area contributed by atoms with Gasteiger partial charge in [-0.3, -0.25) is 19.7 Å². The molecule has 3 aromatic rings. The van der Waals surface area contributed by atoms with Crippen LogP contribution in [0.15, 0.2) is 60.7 Å². The van der Waals surface area contributed by atoms with Crippen molar-refractivity contribution in [3.63, 3.8) is 0 Å². The fourth-order valence-corrected chi connectivity index (χ4v) is 2.99. The second kappa shape index (κ2) is 8.89. The van der Waals surface area contributed by atoms with Crippen molar-refractivity contribution in [1.82, 2.24) is 0 Å². The standard InChI is InChI=1S/C20H12Cl2FN3O4/c21-15-10-12(26(29)30)6-7-13(15)19(27)25-18-4-2-1-3-14(18)20(28)24-11-5-8-17(23)16(22)9-11/h1-10H,(H,24,28)(H,25,27). The van der Waals surface area contributed by atoms with E-state index in [0.29, 0.717) is 0 Å². The summed E-state index contributed by atoms with van der Waals surface area (Å²) >= 11 is 11.7. The van der Waals surface area contributed by atoms with Crippen LogP contribution in [0.5, 0.6) is 0 Å². The quantitative estimate of drug-likeness (QED) is 0.395. The number of hydrogen-bond donors (Lipinski definition) is 2. The Bertz CT molecular complexity index is 1170. The molecule has 0 aromatic heterocycles. The maximum Gasteiger partial charge on any atom is 0.270 e. The highest BCUT2D eigenvalue weighted by atomic mass is 35.5. The predicted molar refractivity (Wildman–Crippen MR) is 112 cm³/mol. The molecule has 0 atom stereocenters. The number of halogens is 3. The van der Waals surface area contributed by atoms with Gasteiger partial charge in [-0.05, 0) is 36.4 Å². The molecule has 2 N–H and O–H groups in total. The first kappa shape index (κ1) is 21.2. The van der Waals surface area contributed by atoms with E-state index in [1.54, 1.807) is 12.1 Å². The highest BCUT2D eigenvalue weighted by Gasteiger charge is 2.18. The Morgan fingerprint density at radius 1 is 0.867 bits per heavy atom. The van der Waals surface area contributed by atoms with Crippen molar-refractivity contribution in [1.29, 1.82) is 0 Å². The highest BCUT2D eigenvalue weighted by molar-refractivity contribution is 6.34. The molecule has 2 amide bonds. The zero-order valence-corrected chi connectivity index (χ0v) is 16.5. The van der Waals surface area contributed by atoms with Crippen LogP contribution in [-0.2, 0) is 0 Å². The predicted octanol–water partition coefficient (Wildman–Crippen LogP) is 5.55. The lowest BCUT2D eigenvalue weighted by atomic mass is 10.1. The Morgan fingerprint density at radius 2 is 1.57 bits per heavy atom. The first-order valence-corrected chi connectivity index (χ1v) is 9.12. The second-order valence-corrected chi connectivity index (χ2v) is 6.82. The second-order valence-electron chi connectivity index (χ2n) is 6.00. The first-order chi connectivity index (χ1) is 14.3. The lowest BCUT2D eigenvalue weighted by Gasteiger charge is -2.12. The third-order valence-electron chi connectivity index (χ3n) is 4.01. The van der Waals surface area contributed by atoms with Crippen LogP contribution in [0, 0.1) is 15.9 Å². The third kappa shape index (κ3) is 4.73. The monoisotopic (exact) mass is 447 g/mol. The van der Waals surface area contributed by atoms with E-state index in [9.17, 15) is 24.1 Å². The van der Waals surface area contributed by atoms with E-state index in [0.717, 1.165) is 18.2 Å². The van der Waals surface area contributed by atoms with Gasteiger partial charge in [-0.15, -0.1) is 0 Å². The Hall–Kier alpha value is -3.49. The number of carbonyl (C=O) groups is 2. The molecule has 0 aliphatic heterocycles. The molecule has 0 unspecified atom stereocenters. The van der Waals surface area contributed by atoms with E-state index >= 15 is 0 Å². The smallest absolute Gasteiger partial charge is 0.270 e.